The van der Waals surface area contributed by atoms with Crippen molar-refractivity contribution in [3.63, 3.8) is 0 Å². The van der Waals surface area contributed by atoms with Crippen LogP contribution in [0.25, 0.3) is 0 Å². The normalized spacial score (nSPS) is 23.8. The van der Waals surface area contributed by atoms with E-state index in [1.54, 1.807) is 7.11 Å². The van der Waals surface area contributed by atoms with Crippen molar-refractivity contribution in [1.29, 1.82) is 0 Å². The molecule has 3 heteroatoms. The number of hydrogen-bond acceptors (Lipinski definition) is 2. The van der Waals surface area contributed by atoms with Crippen LogP contribution >= 0.6 is 15.9 Å². The molecule has 0 amide bonds. The number of rotatable bonds is 6. The molecule has 20 heavy (non-hydrogen) atoms. The van der Waals surface area contributed by atoms with Gasteiger partial charge in [0.25, 0.3) is 0 Å². The summed E-state index contributed by atoms with van der Waals surface area (Å²) in [4.78, 5) is 0. The van der Waals surface area contributed by atoms with Gasteiger partial charge < -0.3 is 10.1 Å². The lowest BCUT2D eigenvalue weighted by molar-refractivity contribution is 0.298. The molecule has 0 aromatic heterocycles. The standard InChI is InChI=1S/C17H26BrNO/c1-4-19-16(14-7-5-6-12(14)2)11-13-8-9-17(20-3)15(18)10-13/h8-10,12,14,16,19H,4-7,11H2,1-3H3. The van der Waals surface area contributed by atoms with Crippen LogP contribution in [0.3, 0.4) is 0 Å². The molecule has 0 spiro atoms. The highest BCUT2D eigenvalue weighted by molar-refractivity contribution is 9.10. The van der Waals surface area contributed by atoms with E-state index in [1.807, 2.05) is 0 Å². The fourth-order valence-corrected chi connectivity index (χ4v) is 4.09. The van der Waals surface area contributed by atoms with E-state index in [4.69, 9.17) is 4.74 Å². The van der Waals surface area contributed by atoms with Crippen LogP contribution in [0.5, 0.6) is 5.75 Å². The van der Waals surface area contributed by atoms with Gasteiger partial charge in [-0.05, 0) is 64.8 Å². The maximum Gasteiger partial charge on any atom is 0.133 e. The third-order valence-corrected chi connectivity index (χ3v) is 5.20. The van der Waals surface area contributed by atoms with Gasteiger partial charge in [-0.3, -0.25) is 0 Å². The third kappa shape index (κ3) is 3.76. The van der Waals surface area contributed by atoms with E-state index >= 15 is 0 Å². The lowest BCUT2D eigenvalue weighted by atomic mass is 9.86. The molecule has 1 aromatic rings. The second kappa shape index (κ2) is 7.46. The van der Waals surface area contributed by atoms with Crippen LogP contribution in [-0.2, 0) is 6.42 Å². The molecule has 1 aliphatic rings. The van der Waals surface area contributed by atoms with Crippen molar-refractivity contribution in [3.05, 3.63) is 28.2 Å². The molecule has 1 aliphatic carbocycles. The van der Waals surface area contributed by atoms with E-state index in [0.29, 0.717) is 6.04 Å². The van der Waals surface area contributed by atoms with Crippen molar-refractivity contribution in [1.82, 2.24) is 5.32 Å². The molecule has 0 aliphatic heterocycles. The van der Waals surface area contributed by atoms with Crippen molar-refractivity contribution in [2.24, 2.45) is 11.8 Å². The Hall–Kier alpha value is -0.540. The predicted molar refractivity (Wildman–Crippen MR) is 88.4 cm³/mol. The zero-order valence-electron chi connectivity index (χ0n) is 12.8. The molecular formula is C17H26BrNO. The monoisotopic (exact) mass is 339 g/mol. The highest BCUT2D eigenvalue weighted by Crippen LogP contribution is 2.35. The van der Waals surface area contributed by atoms with E-state index in [9.17, 15) is 0 Å². The quantitative estimate of drug-likeness (QED) is 0.828. The van der Waals surface area contributed by atoms with E-state index < -0.39 is 0 Å². The van der Waals surface area contributed by atoms with Gasteiger partial charge in [0, 0.05) is 6.04 Å². The predicted octanol–water partition coefficient (Wildman–Crippen LogP) is 4.41. The molecule has 1 N–H and O–H groups in total. The van der Waals surface area contributed by atoms with Gasteiger partial charge in [0.05, 0.1) is 11.6 Å². The molecular weight excluding hydrogens is 314 g/mol. The molecule has 0 saturated heterocycles. The minimum Gasteiger partial charge on any atom is -0.496 e. The molecule has 3 atom stereocenters. The summed E-state index contributed by atoms with van der Waals surface area (Å²) in [5, 5.41) is 3.70. The average molecular weight is 340 g/mol. The maximum absolute atomic E-state index is 5.31. The average Bonchev–Trinajstić information content (AvgIpc) is 2.85. The van der Waals surface area contributed by atoms with Gasteiger partial charge in [-0.25, -0.2) is 0 Å². The van der Waals surface area contributed by atoms with Crippen LogP contribution in [0.1, 0.15) is 38.7 Å². The molecule has 2 rings (SSSR count). The Balaban J connectivity index is 2.09. The Bertz CT molecular complexity index is 435. The molecule has 0 heterocycles. The number of hydrogen-bond donors (Lipinski definition) is 1. The maximum atomic E-state index is 5.31. The van der Waals surface area contributed by atoms with Crippen LogP contribution in [-0.4, -0.2) is 19.7 Å². The van der Waals surface area contributed by atoms with Crippen LogP contribution in [0, 0.1) is 11.8 Å². The lowest BCUT2D eigenvalue weighted by Gasteiger charge is -2.28. The SMILES string of the molecule is CCNC(Cc1ccc(OC)c(Br)c1)C1CCCC1C. The van der Waals surface area contributed by atoms with Crippen molar-refractivity contribution in [2.45, 2.75) is 45.6 Å². The summed E-state index contributed by atoms with van der Waals surface area (Å²) >= 11 is 3.59. The van der Waals surface area contributed by atoms with Crippen LogP contribution in [0.2, 0.25) is 0 Å². The van der Waals surface area contributed by atoms with Gasteiger partial charge in [0.1, 0.15) is 5.75 Å². The van der Waals surface area contributed by atoms with Crippen LogP contribution < -0.4 is 10.1 Å². The second-order valence-corrected chi connectivity index (χ2v) is 6.76. The molecule has 1 saturated carbocycles. The fourth-order valence-electron chi connectivity index (χ4n) is 3.50. The number of methoxy groups -OCH3 is 1. The van der Waals surface area contributed by atoms with E-state index in [0.717, 1.165) is 35.0 Å². The summed E-state index contributed by atoms with van der Waals surface area (Å²) in [6, 6.07) is 7.04. The Morgan fingerprint density at radius 1 is 1.40 bits per heavy atom. The van der Waals surface area contributed by atoms with Crippen molar-refractivity contribution in [3.8, 4) is 5.75 Å². The first-order chi connectivity index (χ1) is 9.65. The van der Waals surface area contributed by atoms with Gasteiger partial charge in [0.15, 0.2) is 0 Å². The second-order valence-electron chi connectivity index (χ2n) is 5.91. The smallest absolute Gasteiger partial charge is 0.133 e. The topological polar surface area (TPSA) is 21.3 Å². The highest BCUT2D eigenvalue weighted by Gasteiger charge is 2.30. The number of ether oxygens (including phenoxy) is 1. The first-order valence-electron chi connectivity index (χ1n) is 7.71. The van der Waals surface area contributed by atoms with E-state index in [-0.39, 0.29) is 0 Å². The molecule has 1 aromatic carbocycles. The summed E-state index contributed by atoms with van der Waals surface area (Å²) in [6.45, 7) is 5.66. The minimum absolute atomic E-state index is 0.595. The number of benzene rings is 1. The van der Waals surface area contributed by atoms with Crippen molar-refractivity contribution in [2.75, 3.05) is 13.7 Å². The fraction of sp³-hybridized carbons (Fsp3) is 0.647. The number of likely N-dealkylation sites (N-methyl/N-ethyl adjacent to an activating group) is 1. The molecule has 0 radical (unpaired) electrons. The number of halogens is 1. The first kappa shape index (κ1) is 15.8. The zero-order chi connectivity index (χ0) is 14.5. The van der Waals surface area contributed by atoms with Gasteiger partial charge >= 0.3 is 0 Å². The van der Waals surface area contributed by atoms with Crippen molar-refractivity contribution >= 4 is 15.9 Å². The summed E-state index contributed by atoms with van der Waals surface area (Å²) in [5.41, 5.74) is 1.38. The van der Waals surface area contributed by atoms with E-state index in [1.165, 1.54) is 24.8 Å². The summed E-state index contributed by atoms with van der Waals surface area (Å²) in [5.74, 6) is 2.57. The highest BCUT2D eigenvalue weighted by atomic mass is 79.9. The van der Waals surface area contributed by atoms with Crippen LogP contribution in [0.4, 0.5) is 0 Å². The third-order valence-electron chi connectivity index (χ3n) is 4.58. The largest absolute Gasteiger partial charge is 0.496 e. The minimum atomic E-state index is 0.595. The lowest BCUT2D eigenvalue weighted by Crippen LogP contribution is -2.39. The number of nitrogens with one attached hydrogen (secondary N) is 1. The molecule has 0 bridgehead atoms. The first-order valence-corrected chi connectivity index (χ1v) is 8.50. The Morgan fingerprint density at radius 2 is 2.20 bits per heavy atom. The summed E-state index contributed by atoms with van der Waals surface area (Å²) in [6.07, 6.45) is 5.25. The Morgan fingerprint density at radius 3 is 2.75 bits per heavy atom. The Kier molecular flexibility index (Phi) is 5.91. The molecule has 2 nitrogen and oxygen atoms in total. The molecule has 1 fully saturated rings. The van der Waals surface area contributed by atoms with Crippen LogP contribution in [0.15, 0.2) is 22.7 Å². The summed E-state index contributed by atoms with van der Waals surface area (Å²) < 4.78 is 6.36. The van der Waals surface area contributed by atoms with Gasteiger partial charge in [-0.15, -0.1) is 0 Å². The molecule has 3 unspecified atom stereocenters. The molecule has 112 valence electrons. The van der Waals surface area contributed by atoms with Gasteiger partial charge in [-0.1, -0.05) is 32.8 Å². The summed E-state index contributed by atoms with van der Waals surface area (Å²) in [7, 11) is 1.71. The zero-order valence-corrected chi connectivity index (χ0v) is 14.4. The van der Waals surface area contributed by atoms with Crippen molar-refractivity contribution < 1.29 is 4.74 Å². The Labute approximate surface area is 131 Å². The van der Waals surface area contributed by atoms with Gasteiger partial charge in [-0.2, -0.15) is 0 Å². The van der Waals surface area contributed by atoms with Gasteiger partial charge in [0.2, 0.25) is 0 Å². The van der Waals surface area contributed by atoms with E-state index in [2.05, 4.69) is 53.3 Å².